The monoisotopic (exact) mass is 406 g/mol. The van der Waals surface area contributed by atoms with Gasteiger partial charge in [-0.2, -0.15) is 11.3 Å². The summed E-state index contributed by atoms with van der Waals surface area (Å²) in [6, 6.07) is 9.02. The van der Waals surface area contributed by atoms with E-state index in [9.17, 15) is 19.7 Å². The van der Waals surface area contributed by atoms with E-state index in [1.54, 1.807) is 23.6 Å². The normalized spacial score (nSPS) is 10.5. The molecule has 1 amide bonds. The summed E-state index contributed by atoms with van der Waals surface area (Å²) in [4.78, 5) is 36.3. The van der Waals surface area contributed by atoms with Gasteiger partial charge < -0.3 is 5.32 Å². The van der Waals surface area contributed by atoms with Crippen LogP contribution in [-0.4, -0.2) is 16.6 Å². The molecular weight excluding hydrogens is 396 g/mol. The fourth-order valence-electron chi connectivity index (χ4n) is 2.24. The molecule has 26 heavy (non-hydrogen) atoms. The summed E-state index contributed by atoms with van der Waals surface area (Å²) < 4.78 is 0. The molecule has 0 fully saturated rings. The number of ketones is 1. The molecule has 0 spiro atoms. The van der Waals surface area contributed by atoms with Crippen LogP contribution in [0.4, 0.5) is 5.69 Å². The van der Waals surface area contributed by atoms with Crippen LogP contribution in [0.15, 0.2) is 47.2 Å². The van der Waals surface area contributed by atoms with Gasteiger partial charge >= 0.3 is 0 Å². The van der Waals surface area contributed by atoms with Crippen LogP contribution in [0.2, 0.25) is 5.02 Å². The summed E-state index contributed by atoms with van der Waals surface area (Å²) in [6.45, 7) is 0.157. The molecule has 3 rings (SSSR count). The van der Waals surface area contributed by atoms with Crippen molar-refractivity contribution in [3.8, 4) is 0 Å². The molecular formula is C17H11ClN2O4S2. The standard InChI is InChI=1S/C17H11ClN2O4S2/c18-11-1-3-14(20(23)24)13(7-11)17(22)19-8-12-2-4-15(26-12)16(21)10-5-6-25-9-10/h1-7,9H,8H2,(H,19,22). The highest BCUT2D eigenvalue weighted by atomic mass is 35.5. The van der Waals surface area contributed by atoms with Crippen LogP contribution in [0.5, 0.6) is 0 Å². The van der Waals surface area contributed by atoms with Crippen molar-refractivity contribution in [1.82, 2.24) is 5.32 Å². The third kappa shape index (κ3) is 3.98. The molecule has 132 valence electrons. The first-order chi connectivity index (χ1) is 12.5. The number of nitro benzene ring substituents is 1. The number of hydrogen-bond donors (Lipinski definition) is 1. The number of carbonyl (C=O) groups excluding carboxylic acids is 2. The summed E-state index contributed by atoms with van der Waals surface area (Å²) in [7, 11) is 0. The number of thiophene rings is 2. The van der Waals surface area contributed by atoms with Crippen LogP contribution in [0.1, 0.15) is 30.5 Å². The zero-order valence-electron chi connectivity index (χ0n) is 13.1. The zero-order chi connectivity index (χ0) is 18.7. The molecule has 0 aliphatic carbocycles. The van der Waals surface area contributed by atoms with E-state index in [1.165, 1.54) is 40.9 Å². The van der Waals surface area contributed by atoms with Gasteiger partial charge in [0.25, 0.3) is 11.6 Å². The predicted octanol–water partition coefficient (Wildman–Crippen LogP) is 4.53. The predicted molar refractivity (Wildman–Crippen MR) is 101 cm³/mol. The van der Waals surface area contributed by atoms with Crippen LogP contribution < -0.4 is 5.32 Å². The van der Waals surface area contributed by atoms with Crippen molar-refractivity contribution in [3.63, 3.8) is 0 Å². The van der Waals surface area contributed by atoms with Crippen molar-refractivity contribution < 1.29 is 14.5 Å². The molecule has 2 aromatic heterocycles. The Hall–Kier alpha value is -2.55. The third-order valence-electron chi connectivity index (χ3n) is 3.49. The quantitative estimate of drug-likeness (QED) is 0.370. The van der Waals surface area contributed by atoms with Gasteiger partial charge in [0.15, 0.2) is 0 Å². The van der Waals surface area contributed by atoms with Crippen LogP contribution in [-0.2, 0) is 6.54 Å². The SMILES string of the molecule is O=C(c1ccsc1)c1ccc(CNC(=O)c2cc(Cl)ccc2[N+](=O)[O-])s1. The first-order valence-electron chi connectivity index (χ1n) is 7.33. The van der Waals surface area contributed by atoms with E-state index in [2.05, 4.69) is 5.32 Å². The lowest BCUT2D eigenvalue weighted by Gasteiger charge is -2.05. The number of nitro groups is 1. The minimum atomic E-state index is -0.631. The number of benzene rings is 1. The van der Waals surface area contributed by atoms with Crippen molar-refractivity contribution >= 4 is 51.7 Å². The lowest BCUT2D eigenvalue weighted by molar-refractivity contribution is -0.385. The third-order valence-corrected chi connectivity index (χ3v) is 5.49. The summed E-state index contributed by atoms with van der Waals surface area (Å²) in [5.41, 5.74) is 0.210. The molecule has 3 aromatic rings. The Morgan fingerprint density at radius 3 is 2.69 bits per heavy atom. The lowest BCUT2D eigenvalue weighted by atomic mass is 10.1. The van der Waals surface area contributed by atoms with Crippen LogP contribution in [0.3, 0.4) is 0 Å². The number of nitrogens with zero attached hydrogens (tertiary/aromatic N) is 1. The van der Waals surface area contributed by atoms with Gasteiger partial charge in [-0.25, -0.2) is 0 Å². The van der Waals surface area contributed by atoms with E-state index in [4.69, 9.17) is 11.6 Å². The van der Waals surface area contributed by atoms with Crippen LogP contribution in [0.25, 0.3) is 0 Å². The second-order valence-electron chi connectivity index (χ2n) is 5.21. The molecule has 9 heteroatoms. The maximum absolute atomic E-state index is 12.3. The maximum Gasteiger partial charge on any atom is 0.282 e. The van der Waals surface area contributed by atoms with Crippen molar-refractivity contribution in [2.45, 2.75) is 6.54 Å². The van der Waals surface area contributed by atoms with Gasteiger partial charge in [-0.3, -0.25) is 19.7 Å². The molecule has 2 heterocycles. The molecule has 0 atom stereocenters. The van der Waals surface area contributed by atoms with E-state index in [0.717, 1.165) is 4.88 Å². The Morgan fingerprint density at radius 2 is 2.00 bits per heavy atom. The van der Waals surface area contributed by atoms with E-state index in [1.807, 2.05) is 5.38 Å². The highest BCUT2D eigenvalue weighted by Gasteiger charge is 2.20. The Kier molecular flexibility index (Phi) is 5.46. The molecule has 1 N–H and O–H groups in total. The Balaban J connectivity index is 1.70. The molecule has 0 saturated carbocycles. The molecule has 0 unspecified atom stereocenters. The topological polar surface area (TPSA) is 89.3 Å². The van der Waals surface area contributed by atoms with Gasteiger partial charge in [0.05, 0.1) is 16.3 Å². The smallest absolute Gasteiger partial charge is 0.282 e. The molecule has 1 aromatic carbocycles. The van der Waals surface area contributed by atoms with Gasteiger partial charge in [0.1, 0.15) is 5.56 Å². The number of hydrogen-bond acceptors (Lipinski definition) is 6. The molecule has 0 aliphatic heterocycles. The lowest BCUT2D eigenvalue weighted by Crippen LogP contribution is -2.23. The number of amides is 1. The molecule has 6 nitrogen and oxygen atoms in total. The van der Waals surface area contributed by atoms with E-state index < -0.39 is 10.8 Å². The summed E-state index contributed by atoms with van der Waals surface area (Å²) in [5, 5.41) is 17.5. The highest BCUT2D eigenvalue weighted by molar-refractivity contribution is 7.14. The fourth-order valence-corrected chi connectivity index (χ4v) is 3.96. The number of nitrogens with one attached hydrogen (secondary N) is 1. The van der Waals surface area contributed by atoms with Crippen molar-refractivity contribution in [1.29, 1.82) is 0 Å². The summed E-state index contributed by atoms with van der Waals surface area (Å²) in [5.74, 6) is -0.669. The first-order valence-corrected chi connectivity index (χ1v) is 9.47. The average molecular weight is 407 g/mol. The number of halogens is 1. The largest absolute Gasteiger partial charge is 0.347 e. The van der Waals surface area contributed by atoms with Gasteiger partial charge in [-0.1, -0.05) is 11.6 Å². The zero-order valence-corrected chi connectivity index (χ0v) is 15.5. The highest BCUT2D eigenvalue weighted by Crippen LogP contribution is 2.24. The first kappa shape index (κ1) is 18.2. The van der Waals surface area contributed by atoms with Crippen LogP contribution in [0, 0.1) is 10.1 Å². The van der Waals surface area contributed by atoms with Gasteiger partial charge in [0.2, 0.25) is 5.78 Å². The number of carbonyl (C=O) groups is 2. The minimum Gasteiger partial charge on any atom is -0.347 e. The molecule has 0 saturated heterocycles. The minimum absolute atomic E-state index is 0.0701. The van der Waals surface area contributed by atoms with Gasteiger partial charge in [-0.05, 0) is 35.7 Å². The molecule has 0 aliphatic rings. The van der Waals surface area contributed by atoms with E-state index >= 15 is 0 Å². The van der Waals surface area contributed by atoms with Gasteiger partial charge in [-0.15, -0.1) is 11.3 Å². The second kappa shape index (κ2) is 7.77. The Labute approximate surface area is 161 Å². The maximum atomic E-state index is 12.3. The van der Waals surface area contributed by atoms with Crippen molar-refractivity contribution in [2.24, 2.45) is 0 Å². The summed E-state index contributed by atoms with van der Waals surface area (Å²) in [6.07, 6.45) is 0. The fraction of sp³-hybridized carbons (Fsp3) is 0.0588. The second-order valence-corrected chi connectivity index (χ2v) is 7.59. The van der Waals surface area contributed by atoms with E-state index in [0.29, 0.717) is 10.4 Å². The Morgan fingerprint density at radius 1 is 1.19 bits per heavy atom. The Bertz CT molecular complexity index is 983. The molecule has 0 radical (unpaired) electrons. The van der Waals surface area contributed by atoms with E-state index in [-0.39, 0.29) is 28.6 Å². The summed E-state index contributed by atoms with van der Waals surface area (Å²) >= 11 is 8.55. The van der Waals surface area contributed by atoms with Crippen molar-refractivity contribution in [3.05, 3.63) is 83.2 Å². The number of rotatable bonds is 6. The molecule has 0 bridgehead atoms. The van der Waals surface area contributed by atoms with Gasteiger partial charge in [0, 0.05) is 26.9 Å². The van der Waals surface area contributed by atoms with Crippen LogP contribution >= 0.6 is 34.3 Å². The van der Waals surface area contributed by atoms with Crippen molar-refractivity contribution in [2.75, 3.05) is 0 Å². The average Bonchev–Trinajstić information content (AvgIpc) is 3.30.